The Morgan fingerprint density at radius 1 is 0.950 bits per heavy atom. The number of halogens is 2. The molecule has 104 valence electrons. The van der Waals surface area contributed by atoms with Gasteiger partial charge >= 0.3 is 0 Å². The van der Waals surface area contributed by atoms with Gasteiger partial charge in [0.15, 0.2) is 5.78 Å². The first-order valence-corrected chi connectivity index (χ1v) is 7.45. The van der Waals surface area contributed by atoms with E-state index in [0.717, 1.165) is 12.8 Å². The molecular formula is C17H16Cl2O. The second-order valence-corrected chi connectivity index (χ2v) is 5.66. The Bertz CT molecular complexity index is 583. The second-order valence-electron chi connectivity index (χ2n) is 4.79. The third kappa shape index (κ3) is 3.84. The molecule has 0 atom stereocenters. The zero-order valence-electron chi connectivity index (χ0n) is 11.3. The van der Waals surface area contributed by atoms with Gasteiger partial charge in [-0.05, 0) is 36.6 Å². The van der Waals surface area contributed by atoms with Crippen LogP contribution in [0.4, 0.5) is 0 Å². The first kappa shape index (κ1) is 15.1. The molecule has 0 spiro atoms. The highest BCUT2D eigenvalue weighted by atomic mass is 35.5. The van der Waals surface area contributed by atoms with Gasteiger partial charge in [0, 0.05) is 21.2 Å². The van der Waals surface area contributed by atoms with Crippen LogP contribution < -0.4 is 0 Å². The Balaban J connectivity index is 2.20. The fourth-order valence-electron chi connectivity index (χ4n) is 2.06. The molecule has 0 N–H and O–H groups in total. The predicted octanol–water partition coefficient (Wildman–Crippen LogP) is 5.57. The van der Waals surface area contributed by atoms with E-state index in [1.54, 1.807) is 18.2 Å². The van der Waals surface area contributed by atoms with Gasteiger partial charge in [0.25, 0.3) is 0 Å². The SMILES string of the molecule is CCCCc1ccc(C(=O)c2cc(Cl)cc(Cl)c2)cc1. The van der Waals surface area contributed by atoms with Crippen molar-refractivity contribution in [1.82, 2.24) is 0 Å². The fraction of sp³-hybridized carbons (Fsp3) is 0.235. The van der Waals surface area contributed by atoms with Crippen molar-refractivity contribution in [3.63, 3.8) is 0 Å². The van der Waals surface area contributed by atoms with Crippen LogP contribution in [0.15, 0.2) is 42.5 Å². The van der Waals surface area contributed by atoms with Crippen LogP contribution in [-0.4, -0.2) is 5.78 Å². The Morgan fingerprint density at radius 2 is 1.55 bits per heavy atom. The van der Waals surface area contributed by atoms with E-state index in [4.69, 9.17) is 23.2 Å². The van der Waals surface area contributed by atoms with E-state index < -0.39 is 0 Å². The Kier molecular flexibility index (Phi) is 5.22. The monoisotopic (exact) mass is 306 g/mol. The van der Waals surface area contributed by atoms with Gasteiger partial charge in [0.05, 0.1) is 0 Å². The van der Waals surface area contributed by atoms with Gasteiger partial charge in [0.2, 0.25) is 0 Å². The molecule has 0 radical (unpaired) electrons. The van der Waals surface area contributed by atoms with E-state index in [1.165, 1.54) is 12.0 Å². The molecule has 0 amide bonds. The maximum atomic E-state index is 12.4. The van der Waals surface area contributed by atoms with E-state index in [9.17, 15) is 4.79 Å². The molecule has 2 aromatic carbocycles. The number of rotatable bonds is 5. The van der Waals surface area contributed by atoms with E-state index in [1.807, 2.05) is 24.3 Å². The number of ketones is 1. The van der Waals surface area contributed by atoms with Crippen molar-refractivity contribution in [2.45, 2.75) is 26.2 Å². The number of hydrogen-bond acceptors (Lipinski definition) is 1. The van der Waals surface area contributed by atoms with Crippen molar-refractivity contribution < 1.29 is 4.79 Å². The summed E-state index contributed by atoms with van der Waals surface area (Å²) in [7, 11) is 0. The van der Waals surface area contributed by atoms with Crippen molar-refractivity contribution in [1.29, 1.82) is 0 Å². The molecule has 1 nitrogen and oxygen atoms in total. The highest BCUT2D eigenvalue weighted by molar-refractivity contribution is 6.35. The summed E-state index contributed by atoms with van der Waals surface area (Å²) in [6.07, 6.45) is 3.38. The fourth-order valence-corrected chi connectivity index (χ4v) is 2.58. The highest BCUT2D eigenvalue weighted by Gasteiger charge is 2.10. The normalized spacial score (nSPS) is 10.6. The Labute approximate surface area is 129 Å². The van der Waals surface area contributed by atoms with Crippen molar-refractivity contribution in [3.05, 3.63) is 69.2 Å². The largest absolute Gasteiger partial charge is 0.289 e. The molecule has 0 fully saturated rings. The Morgan fingerprint density at radius 3 is 2.10 bits per heavy atom. The molecular weight excluding hydrogens is 291 g/mol. The lowest BCUT2D eigenvalue weighted by Gasteiger charge is -2.05. The predicted molar refractivity (Wildman–Crippen MR) is 84.9 cm³/mol. The lowest BCUT2D eigenvalue weighted by molar-refractivity contribution is 0.103. The highest BCUT2D eigenvalue weighted by Crippen LogP contribution is 2.21. The van der Waals surface area contributed by atoms with Crippen molar-refractivity contribution >= 4 is 29.0 Å². The Hall–Kier alpha value is -1.31. The summed E-state index contributed by atoms with van der Waals surface area (Å²) >= 11 is 11.9. The summed E-state index contributed by atoms with van der Waals surface area (Å²) in [6, 6.07) is 12.6. The van der Waals surface area contributed by atoms with Gasteiger partial charge in [-0.15, -0.1) is 0 Å². The molecule has 2 rings (SSSR count). The standard InChI is InChI=1S/C17H16Cl2O/c1-2-3-4-12-5-7-13(8-6-12)17(20)14-9-15(18)11-16(19)10-14/h5-11H,2-4H2,1H3. The summed E-state index contributed by atoms with van der Waals surface area (Å²) in [5.74, 6) is -0.0589. The van der Waals surface area contributed by atoms with Crippen LogP contribution in [0.25, 0.3) is 0 Å². The van der Waals surface area contributed by atoms with Gasteiger partial charge in [-0.25, -0.2) is 0 Å². The van der Waals surface area contributed by atoms with Gasteiger partial charge in [-0.3, -0.25) is 4.79 Å². The number of hydrogen-bond donors (Lipinski definition) is 0. The minimum absolute atomic E-state index is 0.0589. The smallest absolute Gasteiger partial charge is 0.193 e. The molecule has 0 aromatic heterocycles. The second kappa shape index (κ2) is 6.92. The number of carbonyl (C=O) groups is 1. The lowest BCUT2D eigenvalue weighted by Crippen LogP contribution is -2.01. The van der Waals surface area contributed by atoms with Crippen molar-refractivity contribution in [2.24, 2.45) is 0 Å². The maximum Gasteiger partial charge on any atom is 0.193 e. The number of aryl methyl sites for hydroxylation is 1. The quantitative estimate of drug-likeness (QED) is 0.660. The molecule has 2 aromatic rings. The molecule has 3 heteroatoms. The molecule has 0 aliphatic rings. The van der Waals surface area contributed by atoms with Crippen molar-refractivity contribution in [3.8, 4) is 0 Å². The summed E-state index contributed by atoms with van der Waals surface area (Å²) in [5.41, 5.74) is 2.43. The topological polar surface area (TPSA) is 17.1 Å². The summed E-state index contributed by atoms with van der Waals surface area (Å²) in [6.45, 7) is 2.17. The van der Waals surface area contributed by atoms with Gasteiger partial charge in [0.1, 0.15) is 0 Å². The molecule has 20 heavy (non-hydrogen) atoms. The first-order chi connectivity index (χ1) is 9.60. The minimum atomic E-state index is -0.0589. The van der Waals surface area contributed by atoms with E-state index in [-0.39, 0.29) is 5.78 Å². The summed E-state index contributed by atoms with van der Waals surface area (Å²) in [5, 5.41) is 0.945. The van der Waals surface area contributed by atoms with Crippen LogP contribution in [0.1, 0.15) is 41.3 Å². The minimum Gasteiger partial charge on any atom is -0.289 e. The number of unbranched alkanes of at least 4 members (excludes halogenated alkanes) is 1. The molecule has 0 saturated carbocycles. The zero-order valence-corrected chi connectivity index (χ0v) is 12.8. The van der Waals surface area contributed by atoms with Gasteiger partial charge < -0.3 is 0 Å². The molecule has 0 unspecified atom stereocenters. The van der Waals surface area contributed by atoms with Crippen molar-refractivity contribution in [2.75, 3.05) is 0 Å². The lowest BCUT2D eigenvalue weighted by atomic mass is 10.0. The molecule has 0 bridgehead atoms. The third-order valence-corrected chi connectivity index (χ3v) is 3.60. The van der Waals surface area contributed by atoms with E-state index >= 15 is 0 Å². The summed E-state index contributed by atoms with van der Waals surface area (Å²) < 4.78 is 0. The number of benzene rings is 2. The molecule has 0 aliphatic carbocycles. The first-order valence-electron chi connectivity index (χ1n) is 6.70. The van der Waals surface area contributed by atoms with Crippen LogP contribution in [0.2, 0.25) is 10.0 Å². The average molecular weight is 307 g/mol. The van der Waals surface area contributed by atoms with Crippen LogP contribution >= 0.6 is 23.2 Å². The third-order valence-electron chi connectivity index (χ3n) is 3.16. The zero-order chi connectivity index (χ0) is 14.5. The van der Waals surface area contributed by atoms with E-state index in [2.05, 4.69) is 6.92 Å². The van der Waals surface area contributed by atoms with Gasteiger partial charge in [-0.2, -0.15) is 0 Å². The van der Waals surface area contributed by atoms with Gasteiger partial charge in [-0.1, -0.05) is 60.8 Å². The molecule has 0 heterocycles. The van der Waals surface area contributed by atoms with Crippen LogP contribution in [0, 0.1) is 0 Å². The summed E-state index contributed by atoms with van der Waals surface area (Å²) in [4.78, 5) is 12.4. The van der Waals surface area contributed by atoms with Crippen LogP contribution in [-0.2, 0) is 6.42 Å². The maximum absolute atomic E-state index is 12.4. The number of carbonyl (C=O) groups excluding carboxylic acids is 1. The molecule has 0 aliphatic heterocycles. The molecule has 0 saturated heterocycles. The van der Waals surface area contributed by atoms with Crippen LogP contribution in [0.3, 0.4) is 0 Å². The average Bonchev–Trinajstić information content (AvgIpc) is 2.44. The van der Waals surface area contributed by atoms with Crippen LogP contribution in [0.5, 0.6) is 0 Å². The van der Waals surface area contributed by atoms with E-state index in [0.29, 0.717) is 21.2 Å².